The maximum atomic E-state index is 10.1. The van der Waals surface area contributed by atoms with E-state index in [-0.39, 0.29) is 5.60 Å². The molecule has 1 aliphatic rings. The van der Waals surface area contributed by atoms with Gasteiger partial charge in [0, 0.05) is 0 Å². The molecular formula is C10H17O2. The van der Waals surface area contributed by atoms with Crippen molar-refractivity contribution in [3.8, 4) is 0 Å². The van der Waals surface area contributed by atoms with Crippen LogP contribution in [0.1, 0.15) is 51.9 Å². The lowest BCUT2D eigenvalue weighted by Gasteiger charge is -2.28. The summed E-state index contributed by atoms with van der Waals surface area (Å²) in [6.07, 6.45) is 8.25. The molecular weight excluding hydrogens is 152 g/mol. The van der Waals surface area contributed by atoms with Crippen molar-refractivity contribution in [2.45, 2.75) is 57.5 Å². The summed E-state index contributed by atoms with van der Waals surface area (Å²) < 4.78 is 5.00. The zero-order valence-corrected chi connectivity index (χ0v) is 7.77. The Morgan fingerprint density at radius 3 is 2.08 bits per heavy atom. The van der Waals surface area contributed by atoms with Crippen LogP contribution in [0.15, 0.2) is 0 Å². The van der Waals surface area contributed by atoms with Gasteiger partial charge in [0.15, 0.2) is 0 Å². The van der Waals surface area contributed by atoms with E-state index in [0.717, 1.165) is 12.8 Å². The average molecular weight is 169 g/mol. The minimum absolute atomic E-state index is 0.220. The third-order valence-electron chi connectivity index (χ3n) is 2.70. The van der Waals surface area contributed by atoms with Crippen molar-refractivity contribution < 1.29 is 9.53 Å². The Morgan fingerprint density at radius 1 is 1.08 bits per heavy atom. The van der Waals surface area contributed by atoms with Gasteiger partial charge in [-0.15, -0.1) is 0 Å². The molecule has 2 nitrogen and oxygen atoms in total. The molecule has 1 rings (SSSR count). The molecule has 1 saturated carbocycles. The van der Waals surface area contributed by atoms with Gasteiger partial charge in [0.2, 0.25) is 0 Å². The minimum Gasteiger partial charge on any atom is -0.451 e. The molecule has 0 bridgehead atoms. The van der Waals surface area contributed by atoms with Gasteiger partial charge in [0.25, 0.3) is 0 Å². The zero-order chi connectivity index (χ0) is 8.86. The highest BCUT2D eigenvalue weighted by Gasteiger charge is 2.26. The number of rotatable bonds is 2. The lowest BCUT2D eigenvalue weighted by Crippen LogP contribution is -2.28. The van der Waals surface area contributed by atoms with E-state index < -0.39 is 0 Å². The molecule has 0 spiro atoms. The molecule has 0 aromatic rings. The highest BCUT2D eigenvalue weighted by atomic mass is 16.5. The number of hydrogen-bond acceptors (Lipinski definition) is 2. The highest BCUT2D eigenvalue weighted by molar-refractivity contribution is 5.39. The van der Waals surface area contributed by atoms with Gasteiger partial charge < -0.3 is 4.74 Å². The van der Waals surface area contributed by atoms with Gasteiger partial charge >= 0.3 is 6.47 Å². The minimum atomic E-state index is -0.220. The monoisotopic (exact) mass is 169 g/mol. The van der Waals surface area contributed by atoms with E-state index in [2.05, 4.69) is 0 Å². The Labute approximate surface area is 74.3 Å². The third-order valence-corrected chi connectivity index (χ3v) is 2.70. The molecule has 0 aromatic carbocycles. The second kappa shape index (κ2) is 4.48. The first-order chi connectivity index (χ1) is 5.77. The lowest BCUT2D eigenvalue weighted by molar-refractivity contribution is 0.0431. The van der Waals surface area contributed by atoms with Crippen LogP contribution in [0, 0.1) is 0 Å². The fraction of sp³-hybridized carbons (Fsp3) is 0.900. The first kappa shape index (κ1) is 9.56. The molecule has 0 N–H and O–H groups in total. The predicted octanol–water partition coefficient (Wildman–Crippen LogP) is 2.57. The van der Waals surface area contributed by atoms with Crippen LogP contribution in [0.2, 0.25) is 0 Å². The van der Waals surface area contributed by atoms with Crippen LogP contribution in [0.25, 0.3) is 0 Å². The van der Waals surface area contributed by atoms with Crippen LogP contribution >= 0.6 is 0 Å². The highest BCUT2D eigenvalue weighted by Crippen LogP contribution is 2.28. The largest absolute Gasteiger partial charge is 0.451 e. The summed E-state index contributed by atoms with van der Waals surface area (Å²) in [6, 6.07) is 0. The van der Waals surface area contributed by atoms with Gasteiger partial charge in [-0.1, -0.05) is 19.3 Å². The van der Waals surface area contributed by atoms with Gasteiger partial charge in [-0.2, -0.15) is 0 Å². The topological polar surface area (TPSA) is 26.3 Å². The summed E-state index contributed by atoms with van der Waals surface area (Å²) in [5.41, 5.74) is -0.220. The number of carbonyl (C=O) groups excluding carboxylic acids is 1. The van der Waals surface area contributed by atoms with E-state index in [1.54, 1.807) is 6.47 Å². The fourth-order valence-electron chi connectivity index (χ4n) is 1.86. The number of hydrogen-bond donors (Lipinski definition) is 0. The second-order valence-electron chi connectivity index (χ2n) is 3.90. The Morgan fingerprint density at radius 2 is 1.58 bits per heavy atom. The molecule has 69 valence electrons. The maximum absolute atomic E-state index is 10.1. The van der Waals surface area contributed by atoms with E-state index in [4.69, 9.17) is 4.74 Å². The van der Waals surface area contributed by atoms with Crippen LogP contribution < -0.4 is 0 Å². The van der Waals surface area contributed by atoms with Gasteiger partial charge in [0.05, 0.1) is 0 Å². The predicted molar refractivity (Wildman–Crippen MR) is 47.5 cm³/mol. The van der Waals surface area contributed by atoms with Crippen molar-refractivity contribution in [2.75, 3.05) is 0 Å². The van der Waals surface area contributed by atoms with Gasteiger partial charge in [-0.05, 0) is 32.6 Å². The molecule has 1 aliphatic carbocycles. The molecule has 0 amide bonds. The standard InChI is InChI=1S/C10H17O2/c1-10(12-9-11)7-5-3-2-4-6-8-10/h2-8H2,1H3. The zero-order valence-electron chi connectivity index (χ0n) is 7.77. The van der Waals surface area contributed by atoms with E-state index in [1.807, 2.05) is 6.92 Å². The summed E-state index contributed by atoms with van der Waals surface area (Å²) in [6.45, 7) is 3.59. The summed E-state index contributed by atoms with van der Waals surface area (Å²) >= 11 is 0. The first-order valence-corrected chi connectivity index (χ1v) is 4.82. The van der Waals surface area contributed by atoms with Crippen LogP contribution in [-0.2, 0) is 9.53 Å². The summed E-state index contributed by atoms with van der Waals surface area (Å²) in [4.78, 5) is 10.1. The Bertz CT molecular complexity index is 135. The van der Waals surface area contributed by atoms with Gasteiger partial charge in [0.1, 0.15) is 5.60 Å². The van der Waals surface area contributed by atoms with Crippen molar-refractivity contribution in [3.05, 3.63) is 0 Å². The van der Waals surface area contributed by atoms with Gasteiger partial charge in [-0.25, -0.2) is 4.79 Å². The molecule has 0 heterocycles. The van der Waals surface area contributed by atoms with E-state index in [9.17, 15) is 4.79 Å². The smallest absolute Gasteiger partial charge is 0.418 e. The maximum Gasteiger partial charge on any atom is 0.418 e. The van der Waals surface area contributed by atoms with Crippen molar-refractivity contribution in [2.24, 2.45) is 0 Å². The Balaban J connectivity index is 2.41. The van der Waals surface area contributed by atoms with Gasteiger partial charge in [-0.3, -0.25) is 0 Å². The van der Waals surface area contributed by atoms with Crippen LogP contribution in [0.4, 0.5) is 0 Å². The normalized spacial score (nSPS) is 23.8. The van der Waals surface area contributed by atoms with Crippen molar-refractivity contribution in [1.82, 2.24) is 0 Å². The SMILES string of the molecule is CC1(O[C]=O)CCCCCCC1. The Kier molecular flexibility index (Phi) is 3.57. The molecule has 0 atom stereocenters. The summed E-state index contributed by atoms with van der Waals surface area (Å²) in [5, 5.41) is 0. The molecule has 0 aromatic heterocycles. The average Bonchev–Trinajstić information content (AvgIpc) is 1.99. The lowest BCUT2D eigenvalue weighted by atomic mass is 9.88. The van der Waals surface area contributed by atoms with Crippen molar-refractivity contribution in [1.29, 1.82) is 0 Å². The van der Waals surface area contributed by atoms with Crippen LogP contribution in [0.3, 0.4) is 0 Å². The first-order valence-electron chi connectivity index (χ1n) is 4.82. The number of ether oxygens (including phenoxy) is 1. The molecule has 12 heavy (non-hydrogen) atoms. The third kappa shape index (κ3) is 2.84. The fourth-order valence-corrected chi connectivity index (χ4v) is 1.86. The quantitative estimate of drug-likeness (QED) is 0.635. The molecule has 2 heteroatoms. The molecule has 0 unspecified atom stereocenters. The molecule has 0 saturated heterocycles. The molecule has 0 aliphatic heterocycles. The molecule has 1 fully saturated rings. The van der Waals surface area contributed by atoms with Crippen molar-refractivity contribution >= 4 is 6.47 Å². The van der Waals surface area contributed by atoms with Crippen molar-refractivity contribution in [3.63, 3.8) is 0 Å². The van der Waals surface area contributed by atoms with Crippen LogP contribution in [-0.4, -0.2) is 12.1 Å². The molecule has 1 radical (unpaired) electrons. The Hall–Kier alpha value is -0.530. The summed E-state index contributed by atoms with van der Waals surface area (Å²) in [5.74, 6) is 0. The van der Waals surface area contributed by atoms with E-state index >= 15 is 0 Å². The summed E-state index contributed by atoms with van der Waals surface area (Å²) in [7, 11) is 0. The van der Waals surface area contributed by atoms with Crippen LogP contribution in [0.5, 0.6) is 0 Å². The van der Waals surface area contributed by atoms with E-state index in [0.29, 0.717) is 0 Å². The second-order valence-corrected chi connectivity index (χ2v) is 3.90. The van der Waals surface area contributed by atoms with E-state index in [1.165, 1.54) is 32.1 Å².